The Labute approximate surface area is 144 Å². The van der Waals surface area contributed by atoms with E-state index in [9.17, 15) is 9.59 Å². The molecule has 0 saturated heterocycles. The Morgan fingerprint density at radius 2 is 2.00 bits per heavy atom. The summed E-state index contributed by atoms with van der Waals surface area (Å²) >= 11 is 0. The van der Waals surface area contributed by atoms with Crippen molar-refractivity contribution in [2.75, 3.05) is 12.4 Å². The highest BCUT2D eigenvalue weighted by atomic mass is 16.2. The van der Waals surface area contributed by atoms with Crippen LogP contribution >= 0.6 is 0 Å². The van der Waals surface area contributed by atoms with Crippen molar-refractivity contribution in [1.82, 2.24) is 29.7 Å². The predicted molar refractivity (Wildman–Crippen MR) is 91.7 cm³/mol. The van der Waals surface area contributed by atoms with Gasteiger partial charge in [-0.3, -0.25) is 14.3 Å². The number of hydrogen-bond acceptors (Lipinski definition) is 5. The van der Waals surface area contributed by atoms with Gasteiger partial charge in [-0.15, -0.1) is 0 Å². The summed E-state index contributed by atoms with van der Waals surface area (Å²) in [6.07, 6.45) is 3.09. The molecule has 2 amide bonds. The summed E-state index contributed by atoms with van der Waals surface area (Å²) in [5.74, 6) is -0.763. The van der Waals surface area contributed by atoms with E-state index < -0.39 is 5.91 Å². The number of nitrogens with zero attached hydrogens (tertiary/aromatic N) is 5. The molecule has 0 bridgehead atoms. The maximum atomic E-state index is 12.7. The van der Waals surface area contributed by atoms with Gasteiger partial charge in [0.25, 0.3) is 11.8 Å². The van der Waals surface area contributed by atoms with Crippen molar-refractivity contribution >= 4 is 23.1 Å². The summed E-state index contributed by atoms with van der Waals surface area (Å²) in [6.45, 7) is 6.23. The minimum Gasteiger partial charge on any atom is -0.354 e. The van der Waals surface area contributed by atoms with Crippen LogP contribution in [0.5, 0.6) is 0 Å². The second kappa shape index (κ2) is 6.34. The van der Waals surface area contributed by atoms with Crippen molar-refractivity contribution < 1.29 is 9.59 Å². The van der Waals surface area contributed by atoms with Gasteiger partial charge in [0.2, 0.25) is 0 Å². The molecular formula is C16H19N7O2. The van der Waals surface area contributed by atoms with Gasteiger partial charge in [0.1, 0.15) is 5.56 Å². The van der Waals surface area contributed by atoms with E-state index in [1.165, 1.54) is 13.2 Å². The van der Waals surface area contributed by atoms with Crippen LogP contribution in [-0.2, 0) is 6.54 Å². The fourth-order valence-electron chi connectivity index (χ4n) is 2.58. The molecule has 0 aliphatic carbocycles. The fourth-order valence-corrected chi connectivity index (χ4v) is 2.58. The maximum Gasteiger partial charge on any atom is 0.273 e. The molecule has 0 saturated carbocycles. The molecule has 2 N–H and O–H groups in total. The molecule has 0 radical (unpaired) electrons. The van der Waals surface area contributed by atoms with Crippen LogP contribution in [0.2, 0.25) is 0 Å². The van der Waals surface area contributed by atoms with E-state index in [0.717, 1.165) is 11.4 Å². The molecule has 3 aromatic heterocycles. The Morgan fingerprint density at radius 1 is 1.24 bits per heavy atom. The van der Waals surface area contributed by atoms with E-state index in [2.05, 4.69) is 25.8 Å². The molecule has 3 rings (SSSR count). The normalized spacial score (nSPS) is 10.9. The third-order valence-corrected chi connectivity index (χ3v) is 3.80. The highest BCUT2D eigenvalue weighted by Crippen LogP contribution is 2.18. The average molecular weight is 341 g/mol. The summed E-state index contributed by atoms with van der Waals surface area (Å²) < 4.78 is 3.19. The maximum absolute atomic E-state index is 12.7. The van der Waals surface area contributed by atoms with Crippen LogP contribution in [0, 0.1) is 13.8 Å². The first-order valence-corrected chi connectivity index (χ1v) is 7.87. The highest BCUT2D eigenvalue weighted by Gasteiger charge is 2.21. The predicted octanol–water partition coefficient (Wildman–Crippen LogP) is 1.17. The first-order valence-electron chi connectivity index (χ1n) is 7.87. The van der Waals surface area contributed by atoms with Crippen LogP contribution in [0.3, 0.4) is 0 Å². The van der Waals surface area contributed by atoms with E-state index >= 15 is 0 Å². The number of hydrogen-bond donors (Lipinski definition) is 2. The van der Waals surface area contributed by atoms with Crippen LogP contribution in [0.25, 0.3) is 5.65 Å². The Morgan fingerprint density at radius 3 is 2.68 bits per heavy atom. The number of aromatic nitrogens is 5. The number of carbonyl (C=O) groups excluding carboxylic acids is 2. The molecule has 130 valence electrons. The number of carbonyl (C=O) groups is 2. The zero-order valence-corrected chi connectivity index (χ0v) is 14.5. The first-order chi connectivity index (χ1) is 11.9. The second-order valence-electron chi connectivity index (χ2n) is 5.61. The molecule has 3 aromatic rings. The lowest BCUT2D eigenvalue weighted by Crippen LogP contribution is -2.21. The lowest BCUT2D eigenvalue weighted by molar-refractivity contribution is 0.0958. The van der Waals surface area contributed by atoms with Crippen LogP contribution in [-0.4, -0.2) is 43.2 Å². The van der Waals surface area contributed by atoms with Gasteiger partial charge in [0, 0.05) is 31.2 Å². The zero-order valence-electron chi connectivity index (χ0n) is 14.5. The molecule has 0 fully saturated rings. The number of anilines is 1. The van der Waals surface area contributed by atoms with Gasteiger partial charge in [-0.2, -0.15) is 10.2 Å². The number of nitrogens with one attached hydrogen (secondary N) is 2. The molecule has 3 heterocycles. The lowest BCUT2D eigenvalue weighted by Gasteiger charge is -2.04. The SMILES string of the molecule is CCn1cc(NC(=O)c2cnn3c(C)cc(C)nc23)c(C(=O)NC)n1. The van der Waals surface area contributed by atoms with E-state index in [-0.39, 0.29) is 11.6 Å². The van der Waals surface area contributed by atoms with Crippen LogP contribution in [0.4, 0.5) is 5.69 Å². The average Bonchev–Trinajstić information content (AvgIpc) is 3.18. The van der Waals surface area contributed by atoms with Crippen molar-refractivity contribution in [1.29, 1.82) is 0 Å². The highest BCUT2D eigenvalue weighted by molar-refractivity contribution is 6.10. The minimum atomic E-state index is -0.395. The van der Waals surface area contributed by atoms with Gasteiger partial charge in [-0.25, -0.2) is 9.50 Å². The Hall–Kier alpha value is -3.23. The van der Waals surface area contributed by atoms with Crippen molar-refractivity contribution in [2.45, 2.75) is 27.3 Å². The molecule has 0 unspecified atom stereocenters. The molecule has 9 heteroatoms. The summed E-state index contributed by atoms with van der Waals surface area (Å²) in [7, 11) is 1.51. The molecular weight excluding hydrogens is 322 g/mol. The van der Waals surface area contributed by atoms with Crippen LogP contribution in [0.15, 0.2) is 18.5 Å². The van der Waals surface area contributed by atoms with Gasteiger partial charge in [0.05, 0.1) is 11.9 Å². The fraction of sp³-hybridized carbons (Fsp3) is 0.312. The Bertz CT molecular complexity index is 970. The summed E-state index contributed by atoms with van der Waals surface area (Å²) in [5, 5.41) is 13.6. The van der Waals surface area contributed by atoms with E-state index in [0.29, 0.717) is 23.4 Å². The monoisotopic (exact) mass is 341 g/mol. The molecule has 0 aliphatic heterocycles. The molecule has 0 atom stereocenters. The third-order valence-electron chi connectivity index (χ3n) is 3.80. The summed E-state index contributed by atoms with van der Waals surface area (Å²) in [4.78, 5) is 29.1. The van der Waals surface area contributed by atoms with E-state index in [1.54, 1.807) is 15.4 Å². The standard InChI is InChI=1S/C16H19N7O2/c1-5-22-8-12(13(21-22)16(25)17-4)20-15(24)11-7-18-23-10(3)6-9(2)19-14(11)23/h6-8H,5H2,1-4H3,(H,17,25)(H,20,24). The quantitative estimate of drug-likeness (QED) is 0.741. The van der Waals surface area contributed by atoms with E-state index in [1.807, 2.05) is 26.8 Å². The minimum absolute atomic E-state index is 0.162. The Kier molecular flexibility index (Phi) is 4.22. The van der Waals surface area contributed by atoms with Crippen molar-refractivity contribution in [3.63, 3.8) is 0 Å². The molecule has 0 aliphatic rings. The van der Waals surface area contributed by atoms with Gasteiger partial charge in [-0.05, 0) is 26.8 Å². The zero-order chi connectivity index (χ0) is 18.1. The number of aryl methyl sites for hydroxylation is 3. The topological polar surface area (TPSA) is 106 Å². The second-order valence-corrected chi connectivity index (χ2v) is 5.61. The van der Waals surface area contributed by atoms with Gasteiger partial charge in [0.15, 0.2) is 11.3 Å². The summed E-state index contributed by atoms with van der Waals surface area (Å²) in [6, 6.07) is 1.89. The largest absolute Gasteiger partial charge is 0.354 e. The number of fused-ring (bicyclic) bond motifs is 1. The number of amides is 2. The summed E-state index contributed by atoms with van der Waals surface area (Å²) in [5.41, 5.74) is 2.98. The van der Waals surface area contributed by atoms with Crippen molar-refractivity contribution in [3.05, 3.63) is 41.1 Å². The van der Waals surface area contributed by atoms with Crippen molar-refractivity contribution in [2.24, 2.45) is 0 Å². The van der Waals surface area contributed by atoms with Gasteiger partial charge in [-0.1, -0.05) is 0 Å². The number of rotatable bonds is 4. The van der Waals surface area contributed by atoms with Gasteiger partial charge >= 0.3 is 0 Å². The molecule has 0 spiro atoms. The van der Waals surface area contributed by atoms with Gasteiger partial charge < -0.3 is 10.6 Å². The molecule has 0 aromatic carbocycles. The first kappa shape index (κ1) is 16.6. The van der Waals surface area contributed by atoms with Crippen LogP contribution < -0.4 is 10.6 Å². The molecule has 9 nitrogen and oxygen atoms in total. The third kappa shape index (κ3) is 2.95. The Balaban J connectivity index is 1.98. The van der Waals surface area contributed by atoms with E-state index in [4.69, 9.17) is 0 Å². The van der Waals surface area contributed by atoms with Crippen molar-refractivity contribution in [3.8, 4) is 0 Å². The lowest BCUT2D eigenvalue weighted by atomic mass is 10.2. The smallest absolute Gasteiger partial charge is 0.273 e. The molecule has 25 heavy (non-hydrogen) atoms. The van der Waals surface area contributed by atoms with Crippen LogP contribution in [0.1, 0.15) is 39.2 Å².